The van der Waals surface area contributed by atoms with Crippen molar-refractivity contribution in [2.24, 2.45) is 0 Å². The number of phosphoric ester groups is 1. The van der Waals surface area contributed by atoms with Crippen LogP contribution in [0.25, 0.3) is 0 Å². The molecule has 0 aromatic heterocycles. The van der Waals surface area contributed by atoms with E-state index in [1.165, 1.54) is 77.0 Å². The highest BCUT2D eigenvalue weighted by molar-refractivity contribution is 7.47. The Kier molecular flexibility index (Phi) is 27.2. The average molecular weight is 583 g/mol. The molecule has 0 aliphatic carbocycles. The Morgan fingerprint density at radius 1 is 0.692 bits per heavy atom. The first-order chi connectivity index (χ1) is 18.8. The maximum absolute atomic E-state index is 12.4. The number of carbonyl (C=O) groups is 1. The van der Waals surface area contributed by atoms with Gasteiger partial charge >= 0.3 is 13.8 Å². The van der Waals surface area contributed by atoms with Gasteiger partial charge in [-0.25, -0.2) is 4.57 Å². The summed E-state index contributed by atoms with van der Waals surface area (Å²) < 4.78 is 32.9. The Bertz CT molecular complexity index is 591. The van der Waals surface area contributed by atoms with E-state index >= 15 is 0 Å². The fourth-order valence-corrected chi connectivity index (χ4v) is 4.91. The molecular formula is C29H59O9P. The van der Waals surface area contributed by atoms with Gasteiger partial charge in [0.1, 0.15) is 12.2 Å². The van der Waals surface area contributed by atoms with Gasteiger partial charge in [0.25, 0.3) is 0 Å². The van der Waals surface area contributed by atoms with E-state index in [0.717, 1.165) is 38.5 Å². The van der Waals surface area contributed by atoms with E-state index < -0.39 is 33.2 Å². The monoisotopic (exact) mass is 582 g/mol. The Morgan fingerprint density at radius 3 is 1.67 bits per heavy atom. The second-order valence-corrected chi connectivity index (χ2v) is 11.9. The number of hydrogen-bond acceptors (Lipinski definition) is 8. The maximum Gasteiger partial charge on any atom is 0.472 e. The molecule has 0 radical (unpaired) electrons. The van der Waals surface area contributed by atoms with Crippen LogP contribution >= 0.6 is 7.82 Å². The molecule has 234 valence electrons. The molecule has 3 N–H and O–H groups in total. The minimum Gasteiger partial charge on any atom is -0.457 e. The molecule has 0 saturated heterocycles. The average Bonchev–Trinajstić information content (AvgIpc) is 2.92. The molecule has 0 bridgehead atoms. The number of carbonyl (C=O) groups excluding carboxylic acids is 1. The summed E-state index contributed by atoms with van der Waals surface area (Å²) in [5.74, 6) is -0.386. The van der Waals surface area contributed by atoms with Gasteiger partial charge in [0.15, 0.2) is 0 Å². The van der Waals surface area contributed by atoms with Crippen molar-refractivity contribution in [1.82, 2.24) is 0 Å². The number of rotatable bonds is 30. The van der Waals surface area contributed by atoms with Gasteiger partial charge in [-0.05, 0) is 12.8 Å². The smallest absolute Gasteiger partial charge is 0.457 e. The summed E-state index contributed by atoms with van der Waals surface area (Å²) in [5, 5.41) is 18.1. The third kappa shape index (κ3) is 27.4. The van der Waals surface area contributed by atoms with Gasteiger partial charge in [-0.3, -0.25) is 13.8 Å². The van der Waals surface area contributed by atoms with Crippen LogP contribution in [0.15, 0.2) is 0 Å². The van der Waals surface area contributed by atoms with Crippen molar-refractivity contribution < 1.29 is 43.0 Å². The van der Waals surface area contributed by atoms with Crippen LogP contribution < -0.4 is 0 Å². The summed E-state index contributed by atoms with van der Waals surface area (Å²) in [4.78, 5) is 22.2. The lowest BCUT2D eigenvalue weighted by Gasteiger charge is -2.20. The van der Waals surface area contributed by atoms with Crippen molar-refractivity contribution in [1.29, 1.82) is 0 Å². The van der Waals surface area contributed by atoms with Gasteiger partial charge in [-0.15, -0.1) is 0 Å². The van der Waals surface area contributed by atoms with Crippen molar-refractivity contribution in [3.8, 4) is 0 Å². The van der Waals surface area contributed by atoms with E-state index in [0.29, 0.717) is 6.61 Å². The lowest BCUT2D eigenvalue weighted by atomic mass is 10.1. The molecule has 0 rings (SSSR count). The van der Waals surface area contributed by atoms with Crippen molar-refractivity contribution in [3.05, 3.63) is 0 Å². The first kappa shape index (κ1) is 38.5. The van der Waals surface area contributed by atoms with E-state index in [1.807, 2.05) is 0 Å². The predicted octanol–water partition coefficient (Wildman–Crippen LogP) is 6.85. The summed E-state index contributed by atoms with van der Waals surface area (Å²) in [7, 11) is -4.49. The van der Waals surface area contributed by atoms with Gasteiger partial charge in [-0.1, -0.05) is 117 Å². The van der Waals surface area contributed by atoms with Crippen molar-refractivity contribution in [3.63, 3.8) is 0 Å². The van der Waals surface area contributed by atoms with Gasteiger partial charge in [0.05, 0.1) is 26.4 Å². The highest BCUT2D eigenvalue weighted by Crippen LogP contribution is 2.43. The van der Waals surface area contributed by atoms with Crippen LogP contribution in [0.1, 0.15) is 136 Å². The molecule has 9 nitrogen and oxygen atoms in total. The van der Waals surface area contributed by atoms with Crippen molar-refractivity contribution >= 4 is 13.8 Å². The number of unbranched alkanes of at least 4 members (excludes halogenated alkanes) is 16. The SMILES string of the molecule is CCCCCCCCCCCCC(=O)OC(COCCCCCCCCCC)COP(=O)(O)OCC(O)CO. The Balaban J connectivity index is 4.31. The summed E-state index contributed by atoms with van der Waals surface area (Å²) in [6.45, 7) is 3.46. The minimum atomic E-state index is -4.49. The Morgan fingerprint density at radius 2 is 1.15 bits per heavy atom. The van der Waals surface area contributed by atoms with E-state index in [4.69, 9.17) is 19.1 Å². The number of hydrogen-bond donors (Lipinski definition) is 3. The van der Waals surface area contributed by atoms with Crippen LogP contribution in [0.5, 0.6) is 0 Å². The molecule has 0 amide bonds. The Hall–Kier alpha value is -0.540. The molecule has 10 heteroatoms. The number of ether oxygens (including phenoxy) is 2. The number of phosphoric acid groups is 1. The third-order valence-corrected chi connectivity index (χ3v) is 7.49. The highest BCUT2D eigenvalue weighted by atomic mass is 31.2. The van der Waals surface area contributed by atoms with Gasteiger partial charge in [0.2, 0.25) is 0 Å². The van der Waals surface area contributed by atoms with Crippen molar-refractivity contribution in [2.45, 2.75) is 148 Å². The Labute approximate surface area is 238 Å². The van der Waals surface area contributed by atoms with E-state index in [-0.39, 0.29) is 25.6 Å². The highest BCUT2D eigenvalue weighted by Gasteiger charge is 2.26. The van der Waals surface area contributed by atoms with Gasteiger partial charge < -0.3 is 24.6 Å². The molecular weight excluding hydrogens is 523 g/mol. The fraction of sp³-hybridized carbons (Fsp3) is 0.966. The van der Waals surface area contributed by atoms with Crippen LogP contribution in [-0.2, 0) is 27.9 Å². The molecule has 0 aromatic rings. The van der Waals surface area contributed by atoms with Crippen LogP contribution in [-0.4, -0.2) is 66.3 Å². The molecule has 0 saturated carbocycles. The zero-order valence-corrected chi connectivity index (χ0v) is 25.8. The maximum atomic E-state index is 12.4. The lowest BCUT2D eigenvalue weighted by Crippen LogP contribution is -2.29. The van der Waals surface area contributed by atoms with Crippen LogP contribution in [0.3, 0.4) is 0 Å². The standard InChI is InChI=1S/C29H59O9P/c1-3-5-7-9-11-13-14-15-17-19-21-29(32)38-28(26-37-39(33,34)36-24-27(31)23-30)25-35-22-20-18-16-12-10-8-6-4-2/h27-28,30-31H,3-26H2,1-2H3,(H,33,34). The molecule has 39 heavy (non-hydrogen) atoms. The molecule has 0 heterocycles. The van der Waals surface area contributed by atoms with Crippen LogP contribution in [0, 0.1) is 0 Å². The number of esters is 1. The molecule has 0 spiro atoms. The topological polar surface area (TPSA) is 132 Å². The number of aliphatic hydroxyl groups excluding tert-OH is 2. The largest absolute Gasteiger partial charge is 0.472 e. The minimum absolute atomic E-state index is 0.0551. The predicted molar refractivity (Wildman–Crippen MR) is 155 cm³/mol. The lowest BCUT2D eigenvalue weighted by molar-refractivity contribution is -0.154. The summed E-state index contributed by atoms with van der Waals surface area (Å²) >= 11 is 0. The van der Waals surface area contributed by atoms with E-state index in [9.17, 15) is 19.4 Å². The zero-order chi connectivity index (χ0) is 29.0. The molecule has 0 aliphatic heterocycles. The van der Waals surface area contributed by atoms with Crippen LogP contribution in [0.4, 0.5) is 0 Å². The third-order valence-electron chi connectivity index (χ3n) is 6.54. The first-order valence-electron chi connectivity index (χ1n) is 15.5. The second-order valence-electron chi connectivity index (χ2n) is 10.5. The molecule has 3 unspecified atom stereocenters. The van der Waals surface area contributed by atoms with Crippen LogP contribution in [0.2, 0.25) is 0 Å². The summed E-state index contributed by atoms with van der Waals surface area (Å²) in [5.41, 5.74) is 0. The molecule has 0 fully saturated rings. The van der Waals surface area contributed by atoms with Gasteiger partial charge in [-0.2, -0.15) is 0 Å². The van der Waals surface area contributed by atoms with E-state index in [2.05, 4.69) is 18.4 Å². The quantitative estimate of drug-likeness (QED) is 0.0472. The second kappa shape index (κ2) is 27.6. The molecule has 3 atom stereocenters. The molecule has 0 aromatic carbocycles. The summed E-state index contributed by atoms with van der Waals surface area (Å²) in [6.07, 6.45) is 19.3. The van der Waals surface area contributed by atoms with E-state index in [1.54, 1.807) is 0 Å². The normalized spacial score (nSPS) is 14.7. The van der Waals surface area contributed by atoms with Crippen molar-refractivity contribution in [2.75, 3.05) is 33.0 Å². The summed E-state index contributed by atoms with van der Waals surface area (Å²) in [6, 6.07) is 0. The molecule has 0 aliphatic rings. The van der Waals surface area contributed by atoms with Gasteiger partial charge in [0, 0.05) is 13.0 Å². The number of aliphatic hydroxyl groups is 2. The fourth-order valence-electron chi connectivity index (χ4n) is 4.12. The first-order valence-corrected chi connectivity index (χ1v) is 17.0. The zero-order valence-electron chi connectivity index (χ0n) is 24.9.